The van der Waals surface area contributed by atoms with Gasteiger partial charge in [0.2, 0.25) is 0 Å². The number of rotatable bonds is 7. The summed E-state index contributed by atoms with van der Waals surface area (Å²) in [6, 6.07) is 9.11. The number of para-hydroxylation sites is 2. The molecule has 0 saturated heterocycles. The highest BCUT2D eigenvalue weighted by atomic mass is 16.5. The summed E-state index contributed by atoms with van der Waals surface area (Å²) in [6.45, 7) is 6.11. The molecule has 0 spiro atoms. The molecule has 1 aromatic carbocycles. The number of benzene rings is 1. The van der Waals surface area contributed by atoms with Gasteiger partial charge in [0, 0.05) is 5.69 Å². The van der Waals surface area contributed by atoms with E-state index < -0.39 is 5.91 Å². The number of pyridine rings is 1. The maximum absolute atomic E-state index is 11.6. The number of nitrogens with one attached hydrogen (secondary N) is 1. The van der Waals surface area contributed by atoms with Crippen LogP contribution in [0.15, 0.2) is 30.3 Å². The molecule has 2 rings (SSSR count). The van der Waals surface area contributed by atoms with Crippen molar-refractivity contribution in [2.75, 3.05) is 19.0 Å². The number of ether oxygens (including phenoxy) is 2. The van der Waals surface area contributed by atoms with Crippen LogP contribution in [-0.2, 0) is 0 Å². The van der Waals surface area contributed by atoms with E-state index in [1.807, 2.05) is 45.0 Å². The third-order valence-corrected chi connectivity index (χ3v) is 3.67. The third kappa shape index (κ3) is 4.16. The second-order valence-corrected chi connectivity index (χ2v) is 5.66. The minimum Gasteiger partial charge on any atom is -0.493 e. The number of primary amides is 1. The second-order valence-electron chi connectivity index (χ2n) is 5.66. The number of amides is 1. The largest absolute Gasteiger partial charge is 0.493 e. The van der Waals surface area contributed by atoms with Crippen LogP contribution in [0.1, 0.15) is 28.5 Å². The van der Waals surface area contributed by atoms with E-state index in [0.29, 0.717) is 29.5 Å². The van der Waals surface area contributed by atoms with E-state index in [0.717, 1.165) is 11.3 Å². The molecule has 0 saturated carbocycles. The number of carbonyl (C=O) groups is 1. The standard InChI is InChI=1S/C18H23N3O3/c1-11-9-14(17(19)22)18(21-13(11)3)20-12(2)10-24-16-8-6-5-7-15(16)23-4/h5-9,12H,10H2,1-4H3,(H2,19,22)(H,20,21). The average Bonchev–Trinajstić information content (AvgIpc) is 2.56. The van der Waals surface area contributed by atoms with E-state index in [1.54, 1.807) is 13.2 Å². The lowest BCUT2D eigenvalue weighted by Gasteiger charge is -2.19. The zero-order valence-electron chi connectivity index (χ0n) is 14.4. The summed E-state index contributed by atoms with van der Waals surface area (Å²) in [5.41, 5.74) is 7.59. The van der Waals surface area contributed by atoms with Gasteiger partial charge in [0.1, 0.15) is 12.4 Å². The molecular weight excluding hydrogens is 306 g/mol. The molecule has 1 atom stereocenters. The van der Waals surface area contributed by atoms with Gasteiger partial charge in [-0.15, -0.1) is 0 Å². The maximum Gasteiger partial charge on any atom is 0.252 e. The fraction of sp³-hybridized carbons (Fsp3) is 0.333. The van der Waals surface area contributed by atoms with Crippen molar-refractivity contribution in [3.05, 3.63) is 47.2 Å². The lowest BCUT2D eigenvalue weighted by molar-refractivity contribution is 0.100. The van der Waals surface area contributed by atoms with Crippen molar-refractivity contribution in [2.24, 2.45) is 5.73 Å². The summed E-state index contributed by atoms with van der Waals surface area (Å²) in [6.07, 6.45) is 0. The van der Waals surface area contributed by atoms with Crippen LogP contribution >= 0.6 is 0 Å². The highest BCUT2D eigenvalue weighted by Crippen LogP contribution is 2.26. The first-order valence-corrected chi connectivity index (χ1v) is 7.72. The molecule has 2 aromatic rings. The molecule has 1 unspecified atom stereocenters. The van der Waals surface area contributed by atoms with Crippen LogP contribution in [0.2, 0.25) is 0 Å². The van der Waals surface area contributed by atoms with Gasteiger partial charge in [-0.05, 0) is 44.5 Å². The lowest BCUT2D eigenvalue weighted by atomic mass is 10.1. The topological polar surface area (TPSA) is 86.5 Å². The Morgan fingerprint density at radius 3 is 2.58 bits per heavy atom. The summed E-state index contributed by atoms with van der Waals surface area (Å²) in [5.74, 6) is 1.30. The summed E-state index contributed by atoms with van der Waals surface area (Å²) >= 11 is 0. The van der Waals surface area contributed by atoms with Crippen LogP contribution in [0.3, 0.4) is 0 Å². The number of methoxy groups -OCH3 is 1. The van der Waals surface area contributed by atoms with Gasteiger partial charge in [-0.25, -0.2) is 4.98 Å². The van der Waals surface area contributed by atoms with E-state index >= 15 is 0 Å². The fourth-order valence-electron chi connectivity index (χ4n) is 2.23. The Morgan fingerprint density at radius 2 is 1.96 bits per heavy atom. The highest BCUT2D eigenvalue weighted by Gasteiger charge is 2.15. The van der Waals surface area contributed by atoms with Gasteiger partial charge >= 0.3 is 0 Å². The van der Waals surface area contributed by atoms with Crippen molar-refractivity contribution in [1.82, 2.24) is 4.98 Å². The minimum absolute atomic E-state index is 0.0809. The second kappa shape index (κ2) is 7.68. The Morgan fingerprint density at radius 1 is 1.29 bits per heavy atom. The zero-order chi connectivity index (χ0) is 17.7. The number of hydrogen-bond donors (Lipinski definition) is 2. The number of nitrogens with two attached hydrogens (primary N) is 1. The molecule has 6 nitrogen and oxygen atoms in total. The van der Waals surface area contributed by atoms with E-state index in [-0.39, 0.29) is 6.04 Å². The molecule has 0 aliphatic rings. The Bertz CT molecular complexity index is 731. The Kier molecular flexibility index (Phi) is 5.63. The Balaban J connectivity index is 2.08. The van der Waals surface area contributed by atoms with E-state index in [4.69, 9.17) is 15.2 Å². The fourth-order valence-corrected chi connectivity index (χ4v) is 2.23. The molecule has 1 amide bonds. The molecular formula is C18H23N3O3. The minimum atomic E-state index is -0.508. The quantitative estimate of drug-likeness (QED) is 0.815. The van der Waals surface area contributed by atoms with Crippen LogP contribution in [0, 0.1) is 13.8 Å². The SMILES string of the molecule is COc1ccccc1OCC(C)Nc1nc(C)c(C)cc1C(N)=O. The van der Waals surface area contributed by atoms with Crippen LogP contribution in [0.5, 0.6) is 11.5 Å². The van der Waals surface area contributed by atoms with Gasteiger partial charge in [0.25, 0.3) is 5.91 Å². The molecule has 6 heteroatoms. The van der Waals surface area contributed by atoms with Crippen molar-refractivity contribution in [1.29, 1.82) is 0 Å². The molecule has 0 radical (unpaired) electrons. The highest BCUT2D eigenvalue weighted by molar-refractivity contribution is 5.97. The zero-order valence-corrected chi connectivity index (χ0v) is 14.4. The predicted molar refractivity (Wildman–Crippen MR) is 93.8 cm³/mol. The van der Waals surface area contributed by atoms with Crippen molar-refractivity contribution >= 4 is 11.7 Å². The third-order valence-electron chi connectivity index (χ3n) is 3.67. The van der Waals surface area contributed by atoms with Gasteiger partial charge < -0.3 is 20.5 Å². The summed E-state index contributed by atoms with van der Waals surface area (Å²) < 4.78 is 11.0. The molecule has 1 aromatic heterocycles. The first-order chi connectivity index (χ1) is 11.4. The number of aromatic nitrogens is 1. The Hall–Kier alpha value is -2.76. The summed E-state index contributed by atoms with van der Waals surface area (Å²) in [5, 5.41) is 3.19. The van der Waals surface area contributed by atoms with Crippen LogP contribution in [0.25, 0.3) is 0 Å². The van der Waals surface area contributed by atoms with Gasteiger partial charge in [0.05, 0.1) is 18.7 Å². The summed E-state index contributed by atoms with van der Waals surface area (Å²) in [7, 11) is 1.60. The van der Waals surface area contributed by atoms with Crippen LogP contribution < -0.4 is 20.5 Å². The molecule has 24 heavy (non-hydrogen) atoms. The number of nitrogens with zero attached hydrogens (tertiary/aromatic N) is 1. The smallest absolute Gasteiger partial charge is 0.252 e. The molecule has 3 N–H and O–H groups in total. The lowest BCUT2D eigenvalue weighted by Crippen LogP contribution is -2.26. The Labute approximate surface area is 142 Å². The molecule has 1 heterocycles. The molecule has 128 valence electrons. The monoisotopic (exact) mass is 329 g/mol. The number of anilines is 1. The molecule has 0 bridgehead atoms. The molecule has 0 aliphatic carbocycles. The van der Waals surface area contributed by atoms with Gasteiger partial charge in [-0.3, -0.25) is 4.79 Å². The van der Waals surface area contributed by atoms with Crippen molar-refractivity contribution in [3.8, 4) is 11.5 Å². The van der Waals surface area contributed by atoms with Gasteiger partial charge in [-0.1, -0.05) is 12.1 Å². The maximum atomic E-state index is 11.6. The number of hydrogen-bond acceptors (Lipinski definition) is 5. The van der Waals surface area contributed by atoms with Crippen molar-refractivity contribution in [2.45, 2.75) is 26.8 Å². The predicted octanol–water partition coefficient (Wildman–Crippen LogP) is 2.69. The molecule has 0 fully saturated rings. The van der Waals surface area contributed by atoms with Crippen LogP contribution in [0.4, 0.5) is 5.82 Å². The summed E-state index contributed by atoms with van der Waals surface area (Å²) in [4.78, 5) is 16.1. The van der Waals surface area contributed by atoms with Gasteiger partial charge in [-0.2, -0.15) is 0 Å². The van der Waals surface area contributed by atoms with E-state index in [9.17, 15) is 4.79 Å². The van der Waals surface area contributed by atoms with Crippen molar-refractivity contribution < 1.29 is 14.3 Å². The first-order valence-electron chi connectivity index (χ1n) is 7.72. The number of aryl methyl sites for hydroxylation is 2. The number of carbonyl (C=O) groups excluding carboxylic acids is 1. The normalized spacial score (nSPS) is 11.7. The van der Waals surface area contributed by atoms with E-state index in [2.05, 4.69) is 10.3 Å². The van der Waals surface area contributed by atoms with Crippen molar-refractivity contribution in [3.63, 3.8) is 0 Å². The first kappa shape index (κ1) is 17.6. The average molecular weight is 329 g/mol. The van der Waals surface area contributed by atoms with Crippen LogP contribution in [-0.4, -0.2) is 30.6 Å². The van der Waals surface area contributed by atoms with E-state index in [1.165, 1.54) is 0 Å². The van der Waals surface area contributed by atoms with Gasteiger partial charge in [0.15, 0.2) is 11.5 Å². The molecule has 0 aliphatic heterocycles.